The Hall–Kier alpha value is -2.97. The van der Waals surface area contributed by atoms with Gasteiger partial charge in [0.1, 0.15) is 0 Å². The summed E-state index contributed by atoms with van der Waals surface area (Å²) in [5.74, 6) is -3.82. The lowest BCUT2D eigenvalue weighted by Gasteiger charge is -2.08. The van der Waals surface area contributed by atoms with Crippen molar-refractivity contribution in [2.45, 2.75) is 31.7 Å². The summed E-state index contributed by atoms with van der Waals surface area (Å²) in [5, 5.41) is 1.73. The maximum absolute atomic E-state index is 12.1. The normalized spacial score (nSPS) is 15.5. The highest BCUT2D eigenvalue weighted by Crippen LogP contribution is 2.16. The highest BCUT2D eigenvalue weighted by molar-refractivity contribution is 6.12. The van der Waals surface area contributed by atoms with E-state index < -0.39 is 35.7 Å². The SMILES string of the molecule is O=C(/C=C/c1cccc(CNC(=O)C(F)(F)F)c1)OC1C(=O)CCC1=O. The van der Waals surface area contributed by atoms with Gasteiger partial charge >= 0.3 is 18.1 Å². The quantitative estimate of drug-likeness (QED) is 0.485. The first-order valence-electron chi connectivity index (χ1n) is 7.55. The van der Waals surface area contributed by atoms with Gasteiger partial charge in [0.05, 0.1) is 0 Å². The number of hydrogen-bond acceptors (Lipinski definition) is 5. The number of benzene rings is 1. The molecule has 1 N–H and O–H groups in total. The molecule has 1 aromatic carbocycles. The summed E-state index contributed by atoms with van der Waals surface area (Å²) >= 11 is 0. The maximum Gasteiger partial charge on any atom is 0.471 e. The molecule has 1 aromatic rings. The predicted molar refractivity (Wildman–Crippen MR) is 82.5 cm³/mol. The first-order chi connectivity index (χ1) is 12.2. The number of rotatable bonds is 5. The van der Waals surface area contributed by atoms with Crippen molar-refractivity contribution in [1.82, 2.24) is 5.32 Å². The van der Waals surface area contributed by atoms with Crippen molar-refractivity contribution in [2.24, 2.45) is 0 Å². The van der Waals surface area contributed by atoms with Crippen LogP contribution >= 0.6 is 0 Å². The Balaban J connectivity index is 1.94. The monoisotopic (exact) mass is 369 g/mol. The Labute approximate surface area is 146 Å². The Morgan fingerprint density at radius 1 is 1.19 bits per heavy atom. The molecule has 0 heterocycles. The molecule has 9 heteroatoms. The minimum absolute atomic E-state index is 0.0478. The molecule has 0 atom stereocenters. The Kier molecular flexibility index (Phi) is 5.91. The summed E-state index contributed by atoms with van der Waals surface area (Å²) < 4.78 is 41.2. The van der Waals surface area contributed by atoms with E-state index in [4.69, 9.17) is 4.74 Å². The van der Waals surface area contributed by atoms with E-state index in [-0.39, 0.29) is 19.4 Å². The molecule has 26 heavy (non-hydrogen) atoms. The molecule has 0 spiro atoms. The smallest absolute Gasteiger partial charge is 0.443 e. The molecule has 0 aromatic heterocycles. The summed E-state index contributed by atoms with van der Waals surface area (Å²) in [5.41, 5.74) is 0.851. The molecule has 0 aliphatic heterocycles. The fourth-order valence-electron chi connectivity index (χ4n) is 2.23. The van der Waals surface area contributed by atoms with Crippen LogP contribution in [0.2, 0.25) is 0 Å². The number of ketones is 2. The summed E-state index contributed by atoms with van der Waals surface area (Å²) in [7, 11) is 0. The van der Waals surface area contributed by atoms with Gasteiger partial charge in [0, 0.05) is 25.5 Å². The minimum Gasteiger partial charge on any atom is -0.443 e. The fraction of sp³-hybridized carbons (Fsp3) is 0.294. The highest BCUT2D eigenvalue weighted by atomic mass is 19.4. The van der Waals surface area contributed by atoms with Crippen LogP contribution in [0.5, 0.6) is 0 Å². The number of ether oxygens (including phenoxy) is 1. The van der Waals surface area contributed by atoms with Crippen LogP contribution in [0.4, 0.5) is 13.2 Å². The van der Waals surface area contributed by atoms with Crippen LogP contribution in [0.3, 0.4) is 0 Å². The Morgan fingerprint density at radius 2 is 1.85 bits per heavy atom. The van der Waals surface area contributed by atoms with Gasteiger partial charge in [-0.1, -0.05) is 18.2 Å². The number of esters is 1. The van der Waals surface area contributed by atoms with E-state index in [1.54, 1.807) is 11.4 Å². The summed E-state index contributed by atoms with van der Waals surface area (Å²) in [6.45, 7) is -0.338. The van der Waals surface area contributed by atoms with E-state index in [0.29, 0.717) is 11.1 Å². The predicted octanol–water partition coefficient (Wildman–Crippen LogP) is 1.72. The number of amides is 1. The zero-order valence-electron chi connectivity index (χ0n) is 13.3. The van der Waals surface area contributed by atoms with Gasteiger partial charge in [-0.2, -0.15) is 13.2 Å². The number of halogens is 3. The van der Waals surface area contributed by atoms with E-state index in [2.05, 4.69) is 0 Å². The van der Waals surface area contributed by atoms with Crippen LogP contribution < -0.4 is 5.32 Å². The highest BCUT2D eigenvalue weighted by Gasteiger charge is 2.38. The zero-order valence-corrected chi connectivity index (χ0v) is 13.3. The lowest BCUT2D eigenvalue weighted by molar-refractivity contribution is -0.173. The molecule has 2 rings (SSSR count). The van der Waals surface area contributed by atoms with Crippen molar-refractivity contribution in [1.29, 1.82) is 0 Å². The van der Waals surface area contributed by atoms with Crippen molar-refractivity contribution in [3.8, 4) is 0 Å². The largest absolute Gasteiger partial charge is 0.471 e. The van der Waals surface area contributed by atoms with E-state index in [9.17, 15) is 32.3 Å². The lowest BCUT2D eigenvalue weighted by Crippen LogP contribution is -2.36. The Bertz CT molecular complexity index is 754. The number of carbonyl (C=O) groups excluding carboxylic acids is 4. The molecule has 138 valence electrons. The zero-order chi connectivity index (χ0) is 19.3. The van der Waals surface area contributed by atoms with E-state index in [0.717, 1.165) is 6.08 Å². The second-order valence-corrected chi connectivity index (χ2v) is 5.51. The van der Waals surface area contributed by atoms with Crippen molar-refractivity contribution < 1.29 is 37.1 Å². The van der Waals surface area contributed by atoms with Crippen LogP contribution in [0.25, 0.3) is 6.08 Å². The minimum atomic E-state index is -4.96. The maximum atomic E-state index is 12.1. The van der Waals surface area contributed by atoms with Crippen molar-refractivity contribution in [3.63, 3.8) is 0 Å². The molecule has 0 radical (unpaired) electrons. The van der Waals surface area contributed by atoms with E-state index in [1.165, 1.54) is 24.3 Å². The van der Waals surface area contributed by atoms with Gasteiger partial charge in [0.15, 0.2) is 11.6 Å². The number of carbonyl (C=O) groups is 4. The van der Waals surface area contributed by atoms with Gasteiger partial charge < -0.3 is 10.1 Å². The molecule has 0 saturated heterocycles. The van der Waals surface area contributed by atoms with E-state index >= 15 is 0 Å². The summed E-state index contributed by atoms with van der Waals surface area (Å²) in [6, 6.07) is 6.07. The average Bonchev–Trinajstić information content (AvgIpc) is 2.89. The number of alkyl halides is 3. The average molecular weight is 369 g/mol. The standard InChI is InChI=1S/C17H14F3NO5/c18-17(19,20)16(25)21-9-11-3-1-2-10(8-11)4-7-14(24)26-15-12(22)5-6-13(15)23/h1-4,7-8,15H,5-6,9H2,(H,21,25)/b7-4+. The van der Waals surface area contributed by atoms with Gasteiger partial charge in [-0.3, -0.25) is 14.4 Å². The molecule has 1 aliphatic carbocycles. The Morgan fingerprint density at radius 3 is 2.46 bits per heavy atom. The number of hydrogen-bond donors (Lipinski definition) is 1. The molecule has 0 unspecified atom stereocenters. The van der Waals surface area contributed by atoms with Crippen molar-refractivity contribution in [2.75, 3.05) is 0 Å². The van der Waals surface area contributed by atoms with Crippen molar-refractivity contribution in [3.05, 3.63) is 41.5 Å². The van der Waals surface area contributed by atoms with Crippen LogP contribution in [-0.4, -0.2) is 35.7 Å². The molecule has 1 fully saturated rings. The van der Waals surface area contributed by atoms with Crippen LogP contribution in [0, 0.1) is 0 Å². The van der Waals surface area contributed by atoms with Gasteiger partial charge in [0.2, 0.25) is 6.10 Å². The molecular weight excluding hydrogens is 355 g/mol. The number of Topliss-reactive ketones (excluding diaryl/α,β-unsaturated/α-hetero) is 2. The first kappa shape index (κ1) is 19.4. The molecule has 1 saturated carbocycles. The summed E-state index contributed by atoms with van der Waals surface area (Å²) in [6.07, 6.45) is -3.90. The van der Waals surface area contributed by atoms with E-state index in [1.807, 2.05) is 0 Å². The first-order valence-corrected chi connectivity index (χ1v) is 7.55. The third-order valence-electron chi connectivity index (χ3n) is 3.51. The van der Waals surface area contributed by atoms with Gasteiger partial charge in [0.25, 0.3) is 0 Å². The second kappa shape index (κ2) is 7.94. The van der Waals surface area contributed by atoms with Crippen LogP contribution in [-0.2, 0) is 30.5 Å². The van der Waals surface area contributed by atoms with Gasteiger partial charge in [-0.25, -0.2) is 4.79 Å². The lowest BCUT2D eigenvalue weighted by atomic mass is 10.1. The third kappa shape index (κ3) is 5.27. The third-order valence-corrected chi connectivity index (χ3v) is 3.51. The number of nitrogens with one attached hydrogen (secondary N) is 1. The molecule has 6 nitrogen and oxygen atoms in total. The molecule has 1 amide bonds. The molecular formula is C17H14F3NO5. The molecule has 0 bridgehead atoms. The fourth-order valence-corrected chi connectivity index (χ4v) is 2.23. The second-order valence-electron chi connectivity index (χ2n) is 5.51. The van der Waals surface area contributed by atoms with Gasteiger partial charge in [-0.05, 0) is 23.3 Å². The molecule has 1 aliphatic rings. The summed E-state index contributed by atoms with van der Waals surface area (Å²) in [4.78, 5) is 45.3. The van der Waals surface area contributed by atoms with Gasteiger partial charge in [-0.15, -0.1) is 0 Å². The van der Waals surface area contributed by atoms with Crippen molar-refractivity contribution >= 4 is 29.5 Å². The van der Waals surface area contributed by atoms with Crippen LogP contribution in [0.1, 0.15) is 24.0 Å². The topological polar surface area (TPSA) is 89.5 Å². The van der Waals surface area contributed by atoms with Crippen LogP contribution in [0.15, 0.2) is 30.3 Å².